The minimum Gasteiger partial charge on any atom is -0.383 e. The zero-order valence-corrected chi connectivity index (χ0v) is 14.2. The predicted octanol–water partition coefficient (Wildman–Crippen LogP) is 4.76. The van der Waals surface area contributed by atoms with E-state index in [2.05, 4.69) is 5.32 Å². The number of rotatable bonds is 3. The lowest BCUT2D eigenvalue weighted by Crippen LogP contribution is -2.13. The Morgan fingerprint density at radius 2 is 1.78 bits per heavy atom. The van der Waals surface area contributed by atoms with Crippen LogP contribution in [0.2, 0.25) is 5.02 Å². The van der Waals surface area contributed by atoms with E-state index in [9.17, 15) is 4.79 Å². The first kappa shape index (κ1) is 15.7. The third-order valence-electron chi connectivity index (χ3n) is 3.17. The van der Waals surface area contributed by atoms with Gasteiger partial charge in [-0.05, 0) is 48.6 Å². The fraction of sp³-hybridized carbons (Fsp3) is 0. The third kappa shape index (κ3) is 3.29. The van der Waals surface area contributed by atoms with Crippen molar-refractivity contribution in [1.29, 1.82) is 0 Å². The number of carbonyl (C=O) groups is 1. The van der Waals surface area contributed by atoms with Crippen LogP contribution in [0.15, 0.2) is 54.6 Å². The maximum absolute atomic E-state index is 12.4. The molecule has 0 saturated heterocycles. The number of nitrogens with zero attached hydrogens (tertiary/aromatic N) is 1. The van der Waals surface area contributed by atoms with Gasteiger partial charge in [0.15, 0.2) is 3.95 Å². The molecule has 0 unspecified atom stereocenters. The van der Waals surface area contributed by atoms with Crippen molar-refractivity contribution < 1.29 is 4.79 Å². The SMILES string of the molecule is Nc1c(C(=O)Nc2ccccc2)sc(=S)n1-c1ccc(Cl)cc1. The second-order valence-corrected chi connectivity index (χ2v) is 6.79. The second kappa shape index (κ2) is 6.54. The van der Waals surface area contributed by atoms with E-state index in [-0.39, 0.29) is 5.91 Å². The Morgan fingerprint density at radius 3 is 2.43 bits per heavy atom. The molecule has 0 spiro atoms. The first-order valence-corrected chi connectivity index (χ1v) is 8.30. The van der Waals surface area contributed by atoms with Gasteiger partial charge in [0.05, 0.1) is 0 Å². The molecule has 2 aromatic carbocycles. The van der Waals surface area contributed by atoms with Gasteiger partial charge in [0.25, 0.3) is 5.91 Å². The summed E-state index contributed by atoms with van der Waals surface area (Å²) in [5.74, 6) is 0.0354. The van der Waals surface area contributed by atoms with Crippen molar-refractivity contribution >= 4 is 52.6 Å². The van der Waals surface area contributed by atoms with E-state index < -0.39 is 0 Å². The van der Waals surface area contributed by atoms with Gasteiger partial charge in [-0.3, -0.25) is 9.36 Å². The largest absolute Gasteiger partial charge is 0.383 e. The fourth-order valence-corrected chi connectivity index (χ4v) is 3.48. The lowest BCUT2D eigenvalue weighted by Gasteiger charge is -2.07. The zero-order chi connectivity index (χ0) is 16.4. The Bertz CT molecular complexity index is 901. The molecule has 0 bridgehead atoms. The molecule has 0 aliphatic rings. The van der Waals surface area contributed by atoms with Crippen LogP contribution in [-0.2, 0) is 0 Å². The number of thiazole rings is 1. The Labute approximate surface area is 147 Å². The molecule has 0 radical (unpaired) electrons. The first-order chi connectivity index (χ1) is 11.1. The Balaban J connectivity index is 1.96. The molecular formula is C16H12ClN3OS2. The van der Waals surface area contributed by atoms with Crippen LogP contribution >= 0.6 is 35.2 Å². The number of nitrogens with one attached hydrogen (secondary N) is 1. The number of benzene rings is 2. The molecule has 0 fully saturated rings. The number of halogens is 1. The maximum Gasteiger partial charge on any atom is 0.269 e. The molecule has 116 valence electrons. The summed E-state index contributed by atoms with van der Waals surface area (Å²) in [7, 11) is 0. The molecule has 0 aliphatic heterocycles. The fourth-order valence-electron chi connectivity index (χ4n) is 2.09. The van der Waals surface area contributed by atoms with E-state index in [1.807, 2.05) is 30.3 Å². The van der Waals surface area contributed by atoms with E-state index in [0.717, 1.165) is 5.69 Å². The van der Waals surface area contributed by atoms with Crippen molar-refractivity contribution in [3.05, 3.63) is 68.5 Å². The highest BCUT2D eigenvalue weighted by Gasteiger charge is 2.18. The highest BCUT2D eigenvalue weighted by atomic mass is 35.5. The third-order valence-corrected chi connectivity index (χ3v) is 4.81. The molecule has 1 aromatic heterocycles. The van der Waals surface area contributed by atoms with Gasteiger partial charge in [0.2, 0.25) is 0 Å². The summed E-state index contributed by atoms with van der Waals surface area (Å²) in [6.45, 7) is 0. The minimum atomic E-state index is -0.280. The lowest BCUT2D eigenvalue weighted by atomic mass is 10.3. The van der Waals surface area contributed by atoms with Crippen molar-refractivity contribution in [2.24, 2.45) is 0 Å². The number of anilines is 2. The number of hydrogen-bond donors (Lipinski definition) is 2. The van der Waals surface area contributed by atoms with Gasteiger partial charge in [-0.25, -0.2) is 0 Å². The van der Waals surface area contributed by atoms with E-state index in [4.69, 9.17) is 29.6 Å². The van der Waals surface area contributed by atoms with Crippen LogP contribution in [0.5, 0.6) is 0 Å². The molecule has 23 heavy (non-hydrogen) atoms. The van der Waals surface area contributed by atoms with Gasteiger partial charge in [-0.2, -0.15) is 0 Å². The van der Waals surface area contributed by atoms with Crippen molar-refractivity contribution in [3.63, 3.8) is 0 Å². The van der Waals surface area contributed by atoms with Crippen LogP contribution < -0.4 is 11.1 Å². The minimum absolute atomic E-state index is 0.280. The number of nitrogens with two attached hydrogens (primary N) is 1. The van der Waals surface area contributed by atoms with Crippen molar-refractivity contribution in [2.45, 2.75) is 0 Å². The number of carbonyl (C=O) groups excluding carboxylic acids is 1. The number of amides is 1. The molecule has 3 rings (SSSR count). The molecule has 3 aromatic rings. The van der Waals surface area contributed by atoms with Gasteiger partial charge >= 0.3 is 0 Å². The van der Waals surface area contributed by atoms with E-state index >= 15 is 0 Å². The number of aromatic nitrogens is 1. The maximum atomic E-state index is 12.4. The molecular weight excluding hydrogens is 350 g/mol. The summed E-state index contributed by atoms with van der Waals surface area (Å²) in [5.41, 5.74) is 7.62. The predicted molar refractivity (Wildman–Crippen MR) is 98.3 cm³/mol. The Morgan fingerprint density at radius 1 is 1.13 bits per heavy atom. The highest BCUT2D eigenvalue weighted by Crippen LogP contribution is 2.27. The van der Waals surface area contributed by atoms with Crippen LogP contribution in [0, 0.1) is 3.95 Å². The average molecular weight is 362 g/mol. The molecule has 3 N–H and O–H groups in total. The number of nitrogen functional groups attached to an aromatic ring is 1. The summed E-state index contributed by atoms with van der Waals surface area (Å²) < 4.78 is 2.17. The normalized spacial score (nSPS) is 10.5. The summed E-state index contributed by atoms with van der Waals surface area (Å²) in [5, 5.41) is 3.43. The van der Waals surface area contributed by atoms with E-state index in [1.165, 1.54) is 11.3 Å². The topological polar surface area (TPSA) is 60.1 Å². The molecule has 0 atom stereocenters. The number of hydrogen-bond acceptors (Lipinski definition) is 4. The van der Waals surface area contributed by atoms with Gasteiger partial charge in [-0.1, -0.05) is 41.1 Å². The van der Waals surface area contributed by atoms with Gasteiger partial charge < -0.3 is 11.1 Å². The molecule has 7 heteroatoms. The quantitative estimate of drug-likeness (QED) is 0.661. The molecule has 0 saturated carbocycles. The summed E-state index contributed by atoms with van der Waals surface area (Å²) in [6, 6.07) is 16.3. The monoisotopic (exact) mass is 361 g/mol. The van der Waals surface area contributed by atoms with Gasteiger partial charge in [0, 0.05) is 16.4 Å². The van der Waals surface area contributed by atoms with Crippen molar-refractivity contribution in [2.75, 3.05) is 11.1 Å². The molecule has 1 amide bonds. The van der Waals surface area contributed by atoms with Gasteiger partial charge in [0.1, 0.15) is 10.7 Å². The van der Waals surface area contributed by atoms with Crippen LogP contribution in [-0.4, -0.2) is 10.5 Å². The molecule has 0 aliphatic carbocycles. The van der Waals surface area contributed by atoms with Crippen molar-refractivity contribution in [3.8, 4) is 5.69 Å². The van der Waals surface area contributed by atoms with Crippen LogP contribution in [0.25, 0.3) is 5.69 Å². The van der Waals surface area contributed by atoms with E-state index in [1.54, 1.807) is 28.8 Å². The summed E-state index contributed by atoms with van der Waals surface area (Å²) >= 11 is 12.4. The van der Waals surface area contributed by atoms with E-state index in [0.29, 0.717) is 25.4 Å². The summed E-state index contributed by atoms with van der Waals surface area (Å²) in [6.07, 6.45) is 0. The second-order valence-electron chi connectivity index (χ2n) is 4.71. The highest BCUT2D eigenvalue weighted by molar-refractivity contribution is 7.73. The Hall–Kier alpha value is -2.15. The summed E-state index contributed by atoms with van der Waals surface area (Å²) in [4.78, 5) is 12.8. The number of para-hydroxylation sites is 1. The van der Waals surface area contributed by atoms with Crippen LogP contribution in [0.4, 0.5) is 11.5 Å². The molecule has 4 nitrogen and oxygen atoms in total. The molecule has 1 heterocycles. The van der Waals surface area contributed by atoms with Crippen molar-refractivity contribution in [1.82, 2.24) is 4.57 Å². The van der Waals surface area contributed by atoms with Crippen LogP contribution in [0.3, 0.4) is 0 Å². The lowest BCUT2D eigenvalue weighted by molar-refractivity contribution is 0.103. The standard InChI is InChI=1S/C16H12ClN3OS2/c17-10-6-8-12(9-7-10)20-14(18)13(23-16(20)22)15(21)19-11-4-2-1-3-5-11/h1-9H,18H2,(H,19,21). The zero-order valence-electron chi connectivity index (χ0n) is 11.8. The first-order valence-electron chi connectivity index (χ1n) is 6.70. The Kier molecular flexibility index (Phi) is 4.47. The average Bonchev–Trinajstić information content (AvgIpc) is 2.84. The van der Waals surface area contributed by atoms with Crippen LogP contribution in [0.1, 0.15) is 9.67 Å². The van der Waals surface area contributed by atoms with Gasteiger partial charge in [-0.15, -0.1) is 0 Å². The smallest absolute Gasteiger partial charge is 0.269 e.